The number of rotatable bonds is 36. The monoisotopic (exact) mass is 720 g/mol. The van der Waals surface area contributed by atoms with E-state index in [4.69, 9.17) is 61.6 Å². The van der Waals surface area contributed by atoms with E-state index in [1.807, 2.05) is 26.8 Å². The van der Waals surface area contributed by atoms with E-state index in [0.29, 0.717) is 144 Å². The fourth-order valence-electron chi connectivity index (χ4n) is 3.58. The minimum Gasteiger partial charge on any atom is -0.460 e. The molecule has 0 aliphatic carbocycles. The Morgan fingerprint density at radius 3 is 1.00 bits per heavy atom. The Balaban J connectivity index is 1.65. The van der Waals surface area contributed by atoms with E-state index in [0.717, 1.165) is 0 Å². The molecule has 0 aromatic heterocycles. The number of hydrogen-bond donors (Lipinski definition) is 0. The lowest BCUT2D eigenvalue weighted by Crippen LogP contribution is -2.27. The van der Waals surface area contributed by atoms with Crippen LogP contribution in [0, 0.1) is 0 Å². The quantitative estimate of drug-likeness (QED) is 0.0736. The molecule has 0 heterocycles. The summed E-state index contributed by atoms with van der Waals surface area (Å²) in [7, 11) is 0. The summed E-state index contributed by atoms with van der Waals surface area (Å²) in [6.07, 6.45) is 0. The SMILES string of the molecule is CC(C)(C)OC(=O)COCCOCCOCCOCCOCCOCCOCCOCCOCCOCCOCCOC(=O)c1ccccc1. The number of ether oxygens (including phenoxy) is 13. The second kappa shape index (κ2) is 33.8. The van der Waals surface area contributed by atoms with Gasteiger partial charge in [0.05, 0.1) is 144 Å². The van der Waals surface area contributed by atoms with Crippen molar-refractivity contribution in [2.24, 2.45) is 0 Å². The van der Waals surface area contributed by atoms with Crippen LogP contribution in [0.15, 0.2) is 30.3 Å². The number of carbonyl (C=O) groups excluding carboxylic acids is 2. The third kappa shape index (κ3) is 32.9. The molecule has 290 valence electrons. The molecule has 50 heavy (non-hydrogen) atoms. The summed E-state index contributed by atoms with van der Waals surface area (Å²) in [4.78, 5) is 23.3. The lowest BCUT2D eigenvalue weighted by molar-refractivity contribution is -0.160. The lowest BCUT2D eigenvalue weighted by atomic mass is 10.2. The minimum absolute atomic E-state index is 0.0879. The van der Waals surface area contributed by atoms with E-state index in [1.54, 1.807) is 24.3 Å². The predicted molar refractivity (Wildman–Crippen MR) is 182 cm³/mol. The zero-order chi connectivity index (χ0) is 36.2. The van der Waals surface area contributed by atoms with Crippen molar-refractivity contribution in [1.29, 1.82) is 0 Å². The fourth-order valence-corrected chi connectivity index (χ4v) is 3.58. The van der Waals surface area contributed by atoms with Crippen LogP contribution in [0.1, 0.15) is 31.1 Å². The number of hydrogen-bond acceptors (Lipinski definition) is 15. The van der Waals surface area contributed by atoms with Gasteiger partial charge in [-0.25, -0.2) is 9.59 Å². The van der Waals surface area contributed by atoms with Crippen molar-refractivity contribution in [3.05, 3.63) is 35.9 Å². The molecule has 0 saturated carbocycles. The molecule has 0 unspecified atom stereocenters. The van der Waals surface area contributed by atoms with Crippen molar-refractivity contribution in [2.45, 2.75) is 26.4 Å². The van der Waals surface area contributed by atoms with Gasteiger partial charge in [-0.2, -0.15) is 0 Å². The Hall–Kier alpha value is -2.28. The molecule has 0 aliphatic rings. The molecule has 0 saturated heterocycles. The molecule has 1 rings (SSSR count). The van der Waals surface area contributed by atoms with Gasteiger partial charge in [0, 0.05) is 0 Å². The van der Waals surface area contributed by atoms with E-state index in [-0.39, 0.29) is 19.2 Å². The van der Waals surface area contributed by atoms with Crippen molar-refractivity contribution in [3.8, 4) is 0 Å². The molecule has 1 aromatic carbocycles. The van der Waals surface area contributed by atoms with Crippen molar-refractivity contribution in [3.63, 3.8) is 0 Å². The molecule has 0 radical (unpaired) electrons. The van der Waals surface area contributed by atoms with Gasteiger partial charge < -0.3 is 61.6 Å². The summed E-state index contributed by atoms with van der Waals surface area (Å²) in [5.41, 5.74) is 0.00566. The standard InChI is InChI=1S/C35H60O15/c1-35(2,3)50-33(36)31-48-28-27-46-24-23-44-20-19-42-16-15-40-12-11-38-9-10-39-13-14-41-17-18-43-21-22-45-25-26-47-29-30-49-34(37)32-7-5-4-6-8-32/h4-8H,9-31H2,1-3H3. The van der Waals surface area contributed by atoms with Crippen molar-refractivity contribution in [2.75, 3.05) is 152 Å². The summed E-state index contributed by atoms with van der Waals surface area (Å²) < 4.78 is 69.9. The zero-order valence-corrected chi connectivity index (χ0v) is 30.3. The molecule has 0 bridgehead atoms. The first kappa shape index (κ1) is 45.7. The van der Waals surface area contributed by atoms with E-state index < -0.39 is 11.6 Å². The molecule has 0 spiro atoms. The van der Waals surface area contributed by atoms with E-state index >= 15 is 0 Å². The van der Waals surface area contributed by atoms with Gasteiger partial charge in [-0.15, -0.1) is 0 Å². The van der Waals surface area contributed by atoms with Crippen LogP contribution >= 0.6 is 0 Å². The third-order valence-electron chi connectivity index (χ3n) is 5.83. The maximum Gasteiger partial charge on any atom is 0.338 e. The van der Waals surface area contributed by atoms with Gasteiger partial charge in [0.15, 0.2) is 0 Å². The Labute approximate surface area is 297 Å². The smallest absolute Gasteiger partial charge is 0.338 e. The first-order valence-corrected chi connectivity index (χ1v) is 17.2. The van der Waals surface area contributed by atoms with Gasteiger partial charge in [0.2, 0.25) is 0 Å². The Kier molecular flexibility index (Phi) is 31.0. The highest BCUT2D eigenvalue weighted by Gasteiger charge is 2.15. The fraction of sp³-hybridized carbons (Fsp3) is 0.771. The van der Waals surface area contributed by atoms with Gasteiger partial charge >= 0.3 is 11.9 Å². The van der Waals surface area contributed by atoms with Crippen LogP contribution in [0.5, 0.6) is 0 Å². The number of esters is 2. The highest BCUT2D eigenvalue weighted by atomic mass is 16.6. The Morgan fingerprint density at radius 2 is 0.700 bits per heavy atom. The van der Waals surface area contributed by atoms with Crippen LogP contribution in [0.2, 0.25) is 0 Å². The van der Waals surface area contributed by atoms with Gasteiger partial charge in [0.1, 0.15) is 18.8 Å². The molecular weight excluding hydrogens is 660 g/mol. The number of carbonyl (C=O) groups is 2. The average Bonchev–Trinajstić information content (AvgIpc) is 3.09. The van der Waals surface area contributed by atoms with Crippen LogP contribution in [0.25, 0.3) is 0 Å². The molecule has 1 aromatic rings. The second-order valence-electron chi connectivity index (χ2n) is 11.3. The Morgan fingerprint density at radius 1 is 0.420 bits per heavy atom. The predicted octanol–water partition coefficient (Wildman–Crippen LogP) is 2.37. The highest BCUT2D eigenvalue weighted by Crippen LogP contribution is 2.06. The summed E-state index contributed by atoms with van der Waals surface area (Å²) >= 11 is 0. The maximum absolute atomic E-state index is 11.8. The van der Waals surface area contributed by atoms with Crippen LogP contribution in [0.3, 0.4) is 0 Å². The molecule has 15 heteroatoms. The highest BCUT2D eigenvalue weighted by molar-refractivity contribution is 5.89. The topological polar surface area (TPSA) is 154 Å². The van der Waals surface area contributed by atoms with E-state index in [1.165, 1.54) is 0 Å². The van der Waals surface area contributed by atoms with Gasteiger partial charge in [-0.1, -0.05) is 18.2 Å². The van der Waals surface area contributed by atoms with Crippen LogP contribution < -0.4 is 0 Å². The minimum atomic E-state index is -0.515. The van der Waals surface area contributed by atoms with Crippen molar-refractivity contribution < 1.29 is 71.2 Å². The molecule has 0 N–H and O–H groups in total. The first-order valence-electron chi connectivity index (χ1n) is 17.2. The van der Waals surface area contributed by atoms with Gasteiger partial charge in [-0.05, 0) is 32.9 Å². The van der Waals surface area contributed by atoms with Gasteiger partial charge in [0.25, 0.3) is 0 Å². The molecule has 0 amide bonds. The van der Waals surface area contributed by atoms with E-state index in [9.17, 15) is 9.59 Å². The summed E-state index contributed by atoms with van der Waals surface area (Å²) in [6.45, 7) is 14.9. The van der Waals surface area contributed by atoms with Crippen LogP contribution in [-0.4, -0.2) is 169 Å². The lowest BCUT2D eigenvalue weighted by Gasteiger charge is -2.19. The summed E-state index contributed by atoms with van der Waals surface area (Å²) in [5.74, 6) is -0.752. The maximum atomic E-state index is 11.8. The summed E-state index contributed by atoms with van der Waals surface area (Å²) in [5, 5.41) is 0. The average molecular weight is 721 g/mol. The van der Waals surface area contributed by atoms with Crippen molar-refractivity contribution in [1.82, 2.24) is 0 Å². The first-order chi connectivity index (χ1) is 24.4. The third-order valence-corrected chi connectivity index (χ3v) is 5.83. The number of benzene rings is 1. The van der Waals surface area contributed by atoms with Crippen molar-refractivity contribution >= 4 is 11.9 Å². The molecule has 15 nitrogen and oxygen atoms in total. The van der Waals surface area contributed by atoms with E-state index in [2.05, 4.69) is 0 Å². The molecule has 0 fully saturated rings. The molecular formula is C35H60O15. The van der Waals surface area contributed by atoms with Gasteiger partial charge in [-0.3, -0.25) is 0 Å². The molecule has 0 atom stereocenters. The Bertz CT molecular complexity index is 898. The molecule has 0 aliphatic heterocycles. The largest absolute Gasteiger partial charge is 0.460 e. The van der Waals surface area contributed by atoms with Crippen LogP contribution in [0.4, 0.5) is 0 Å². The normalized spacial score (nSPS) is 11.6. The second-order valence-corrected chi connectivity index (χ2v) is 11.3. The summed E-state index contributed by atoms with van der Waals surface area (Å²) in [6, 6.07) is 8.84. The zero-order valence-electron chi connectivity index (χ0n) is 30.3. The van der Waals surface area contributed by atoms with Crippen LogP contribution in [-0.2, 0) is 66.4 Å².